The van der Waals surface area contributed by atoms with Crippen LogP contribution in [0, 0.1) is 0 Å². The highest BCUT2D eigenvalue weighted by Crippen LogP contribution is 2.31. The summed E-state index contributed by atoms with van der Waals surface area (Å²) in [6.45, 7) is 0.930. The maximum atomic E-state index is 12.2. The molecule has 1 aromatic rings. The first-order valence-corrected chi connectivity index (χ1v) is 6.75. The fraction of sp³-hybridized carbons (Fsp3) is 0.571. The molecule has 0 atom stereocenters. The van der Waals surface area contributed by atoms with Gasteiger partial charge in [-0.1, -0.05) is 25.0 Å². The largest absolute Gasteiger partial charge is 0.573 e. The van der Waals surface area contributed by atoms with E-state index in [1.165, 1.54) is 31.0 Å². The Labute approximate surface area is 116 Å². The summed E-state index contributed by atoms with van der Waals surface area (Å²) < 4.78 is 45.9. The quantitative estimate of drug-likeness (QED) is 0.813. The molecular formula is C14H18F3NO2. The van der Waals surface area contributed by atoms with Crippen LogP contribution in [0.3, 0.4) is 0 Å². The molecule has 0 radical (unpaired) electrons. The first kappa shape index (κ1) is 15.0. The fourth-order valence-corrected chi connectivity index (χ4v) is 2.33. The zero-order valence-electron chi connectivity index (χ0n) is 11.1. The van der Waals surface area contributed by atoms with Crippen molar-refractivity contribution in [3.63, 3.8) is 0 Å². The number of hydrogen-bond acceptors (Lipinski definition) is 3. The molecule has 112 valence electrons. The highest BCUT2D eigenvalue weighted by Gasteiger charge is 2.32. The van der Waals surface area contributed by atoms with Crippen LogP contribution in [0.2, 0.25) is 0 Å². The number of ether oxygens (including phenoxy) is 2. The van der Waals surface area contributed by atoms with E-state index in [1.807, 2.05) is 0 Å². The molecule has 0 aliphatic heterocycles. The zero-order chi connectivity index (χ0) is 14.4. The predicted molar refractivity (Wildman–Crippen MR) is 68.9 cm³/mol. The van der Waals surface area contributed by atoms with Crippen LogP contribution in [-0.2, 0) is 0 Å². The Hall–Kier alpha value is -1.43. The van der Waals surface area contributed by atoms with Gasteiger partial charge in [-0.3, -0.25) is 0 Å². The third kappa shape index (κ3) is 4.92. The van der Waals surface area contributed by atoms with Crippen molar-refractivity contribution in [3.8, 4) is 11.5 Å². The molecule has 3 nitrogen and oxygen atoms in total. The normalized spacial score (nSPS) is 16.4. The Kier molecular flexibility index (Phi) is 5.11. The van der Waals surface area contributed by atoms with Gasteiger partial charge in [0.1, 0.15) is 6.61 Å². The van der Waals surface area contributed by atoms with Crippen LogP contribution < -0.4 is 14.8 Å². The number of nitrogens with one attached hydrogen (secondary N) is 1. The third-order valence-electron chi connectivity index (χ3n) is 3.22. The van der Waals surface area contributed by atoms with Crippen molar-refractivity contribution in [3.05, 3.63) is 24.3 Å². The van der Waals surface area contributed by atoms with Crippen LogP contribution in [0.5, 0.6) is 11.5 Å². The Morgan fingerprint density at radius 3 is 2.40 bits per heavy atom. The van der Waals surface area contributed by atoms with E-state index in [-0.39, 0.29) is 11.5 Å². The third-order valence-corrected chi connectivity index (χ3v) is 3.22. The molecule has 1 aliphatic rings. The molecular weight excluding hydrogens is 271 g/mol. The number of rotatable bonds is 6. The monoisotopic (exact) mass is 289 g/mol. The van der Waals surface area contributed by atoms with E-state index < -0.39 is 6.36 Å². The van der Waals surface area contributed by atoms with Crippen molar-refractivity contribution in [1.82, 2.24) is 5.32 Å². The molecule has 20 heavy (non-hydrogen) atoms. The zero-order valence-corrected chi connectivity index (χ0v) is 11.1. The minimum absolute atomic E-state index is 0.109. The van der Waals surface area contributed by atoms with Crippen LogP contribution in [0.25, 0.3) is 0 Å². The summed E-state index contributed by atoms with van der Waals surface area (Å²) >= 11 is 0. The van der Waals surface area contributed by atoms with Crippen molar-refractivity contribution in [2.24, 2.45) is 0 Å². The SMILES string of the molecule is FC(F)(F)Oc1ccccc1OCCNC1CCCC1. The highest BCUT2D eigenvalue weighted by atomic mass is 19.4. The summed E-state index contributed by atoms with van der Waals surface area (Å²) in [5, 5.41) is 3.33. The van der Waals surface area contributed by atoms with Gasteiger partial charge in [-0.25, -0.2) is 0 Å². The van der Waals surface area contributed by atoms with Crippen LogP contribution in [0.1, 0.15) is 25.7 Å². The van der Waals surface area contributed by atoms with E-state index >= 15 is 0 Å². The average molecular weight is 289 g/mol. The molecule has 0 heterocycles. The van der Waals surface area contributed by atoms with Gasteiger partial charge in [0.05, 0.1) is 0 Å². The van der Waals surface area contributed by atoms with Gasteiger partial charge in [0.25, 0.3) is 0 Å². The minimum Gasteiger partial charge on any atom is -0.488 e. The molecule has 0 amide bonds. The lowest BCUT2D eigenvalue weighted by atomic mass is 10.2. The molecule has 0 unspecified atom stereocenters. The number of hydrogen-bond donors (Lipinski definition) is 1. The van der Waals surface area contributed by atoms with Crippen LogP contribution in [0.15, 0.2) is 24.3 Å². The van der Waals surface area contributed by atoms with E-state index in [0.29, 0.717) is 19.2 Å². The van der Waals surface area contributed by atoms with E-state index in [0.717, 1.165) is 12.8 Å². The van der Waals surface area contributed by atoms with Gasteiger partial charge in [-0.05, 0) is 25.0 Å². The number of alkyl halides is 3. The van der Waals surface area contributed by atoms with Crippen LogP contribution in [-0.4, -0.2) is 25.6 Å². The smallest absolute Gasteiger partial charge is 0.488 e. The summed E-state index contributed by atoms with van der Waals surface area (Å²) in [4.78, 5) is 0. The van der Waals surface area contributed by atoms with Gasteiger partial charge >= 0.3 is 6.36 Å². The predicted octanol–water partition coefficient (Wildman–Crippen LogP) is 3.50. The fourth-order valence-electron chi connectivity index (χ4n) is 2.33. The van der Waals surface area contributed by atoms with E-state index in [2.05, 4.69) is 10.1 Å². The molecule has 1 saturated carbocycles. The molecule has 6 heteroatoms. The Balaban J connectivity index is 1.79. The van der Waals surface area contributed by atoms with Crippen molar-refractivity contribution in [2.75, 3.05) is 13.2 Å². The maximum Gasteiger partial charge on any atom is 0.573 e. The van der Waals surface area contributed by atoms with Gasteiger partial charge in [-0.2, -0.15) is 0 Å². The lowest BCUT2D eigenvalue weighted by Crippen LogP contribution is -2.30. The molecule has 0 spiro atoms. The van der Waals surface area contributed by atoms with Crippen molar-refractivity contribution < 1.29 is 22.6 Å². The first-order chi connectivity index (χ1) is 9.54. The molecule has 0 bridgehead atoms. The van der Waals surface area contributed by atoms with Gasteiger partial charge in [0.2, 0.25) is 0 Å². The summed E-state index contributed by atoms with van der Waals surface area (Å²) in [7, 11) is 0. The molecule has 1 aromatic carbocycles. The lowest BCUT2D eigenvalue weighted by molar-refractivity contribution is -0.275. The molecule has 1 aliphatic carbocycles. The van der Waals surface area contributed by atoms with E-state index in [1.54, 1.807) is 6.07 Å². The minimum atomic E-state index is -4.71. The second-order valence-electron chi connectivity index (χ2n) is 4.78. The van der Waals surface area contributed by atoms with Gasteiger partial charge in [-0.15, -0.1) is 13.2 Å². The van der Waals surface area contributed by atoms with E-state index in [4.69, 9.17) is 4.74 Å². The average Bonchev–Trinajstić information content (AvgIpc) is 2.88. The van der Waals surface area contributed by atoms with E-state index in [9.17, 15) is 13.2 Å². The summed E-state index contributed by atoms with van der Waals surface area (Å²) in [5.74, 6) is -0.195. The standard InChI is InChI=1S/C14H18F3NO2/c15-14(16,17)20-13-8-4-3-7-12(13)19-10-9-18-11-5-1-2-6-11/h3-4,7-8,11,18H,1-2,5-6,9-10H2. The Morgan fingerprint density at radius 2 is 1.75 bits per heavy atom. The maximum absolute atomic E-state index is 12.2. The highest BCUT2D eigenvalue weighted by molar-refractivity contribution is 5.39. The molecule has 1 fully saturated rings. The second kappa shape index (κ2) is 6.83. The molecule has 0 saturated heterocycles. The van der Waals surface area contributed by atoms with Gasteiger partial charge in [0.15, 0.2) is 11.5 Å². The number of halogens is 3. The Bertz CT molecular complexity index is 417. The van der Waals surface area contributed by atoms with Crippen molar-refractivity contribution in [1.29, 1.82) is 0 Å². The second-order valence-corrected chi connectivity index (χ2v) is 4.78. The lowest BCUT2D eigenvalue weighted by Gasteiger charge is -2.15. The first-order valence-electron chi connectivity index (χ1n) is 6.75. The topological polar surface area (TPSA) is 30.5 Å². The summed E-state index contributed by atoms with van der Waals surface area (Å²) in [6.07, 6.45) is 0.0880. The van der Waals surface area contributed by atoms with Gasteiger partial charge < -0.3 is 14.8 Å². The summed E-state index contributed by atoms with van der Waals surface area (Å²) in [5.41, 5.74) is 0. The number of benzene rings is 1. The van der Waals surface area contributed by atoms with Crippen LogP contribution >= 0.6 is 0 Å². The number of para-hydroxylation sites is 2. The molecule has 0 aromatic heterocycles. The molecule has 1 N–H and O–H groups in total. The van der Waals surface area contributed by atoms with Gasteiger partial charge in [0, 0.05) is 12.6 Å². The Morgan fingerprint density at radius 1 is 1.10 bits per heavy atom. The van der Waals surface area contributed by atoms with Crippen molar-refractivity contribution >= 4 is 0 Å². The van der Waals surface area contributed by atoms with Crippen LogP contribution in [0.4, 0.5) is 13.2 Å². The molecule has 2 rings (SSSR count). The summed E-state index contributed by atoms with van der Waals surface area (Å²) in [6, 6.07) is 6.32. The van der Waals surface area contributed by atoms with Crippen molar-refractivity contribution in [2.45, 2.75) is 38.1 Å².